The zero-order chi connectivity index (χ0) is 31.5. The number of amides is 2. The molecule has 236 valence electrons. The van der Waals surface area contributed by atoms with Crippen LogP contribution in [0.1, 0.15) is 32.4 Å². The van der Waals surface area contributed by atoms with Gasteiger partial charge in [0, 0.05) is 23.0 Å². The van der Waals surface area contributed by atoms with Gasteiger partial charge >= 0.3 is 10.4 Å². The number of nitrogens with one attached hydrogen (secondary N) is 3. The van der Waals surface area contributed by atoms with Crippen LogP contribution in [0.25, 0.3) is 10.8 Å². The molecule has 2 aliphatic rings. The smallest absolute Gasteiger partial charge is 0.418 e. The normalized spacial score (nSPS) is 19.0. The van der Waals surface area contributed by atoms with Crippen LogP contribution in [0, 0.1) is 0 Å². The van der Waals surface area contributed by atoms with Crippen molar-refractivity contribution in [2.24, 2.45) is 5.16 Å². The Labute approximate surface area is 256 Å². The summed E-state index contributed by atoms with van der Waals surface area (Å²) in [6.45, 7) is 4.89. The van der Waals surface area contributed by atoms with E-state index in [0.29, 0.717) is 16.9 Å². The van der Waals surface area contributed by atoms with Gasteiger partial charge < -0.3 is 31.3 Å². The molecular weight excluding hydrogens is 616 g/mol. The fraction of sp³-hybridized carbons (Fsp3) is 0.423. The molecule has 6 N–H and O–H groups in total. The van der Waals surface area contributed by atoms with E-state index in [4.69, 9.17) is 19.9 Å². The van der Waals surface area contributed by atoms with Crippen LogP contribution in [0.15, 0.2) is 41.0 Å². The number of carbonyl (C=O) groups is 2. The van der Waals surface area contributed by atoms with Gasteiger partial charge in [-0.1, -0.05) is 5.16 Å². The molecule has 0 spiro atoms. The van der Waals surface area contributed by atoms with E-state index in [9.17, 15) is 18.0 Å². The Morgan fingerprint density at radius 1 is 1.27 bits per heavy atom. The SMILES string of the molecule is CC1(C)C(NC(=O)C(=NOCCOc2ccc3c(NC4CCNCC4)nccc3c2)c2csc(N)n2)C(=O)N1OS(=O)(=O)O. The number of ether oxygens (including phenoxy) is 1. The quantitative estimate of drug-likeness (QED) is 0.0611. The molecule has 2 saturated heterocycles. The van der Waals surface area contributed by atoms with E-state index in [1.165, 1.54) is 19.2 Å². The van der Waals surface area contributed by atoms with Crippen LogP contribution in [0.4, 0.5) is 10.9 Å². The lowest BCUT2D eigenvalue weighted by molar-refractivity contribution is -0.218. The minimum Gasteiger partial charge on any atom is -0.490 e. The third-order valence-corrected chi connectivity index (χ3v) is 8.13. The lowest BCUT2D eigenvalue weighted by Crippen LogP contribution is -2.76. The van der Waals surface area contributed by atoms with Gasteiger partial charge in [-0.3, -0.25) is 14.1 Å². The number of fused-ring (bicyclic) bond motifs is 1. The standard InChI is InChI=1S/C26H32N8O8S2/c1-26(2)21(24(36)34(26)42-44(37,38)39)32-23(35)20(19-14-43-25(27)31-19)33-41-12-11-40-17-3-4-18-15(13-17)5-10-29-22(18)30-16-6-8-28-9-7-16/h3-5,10,13-14,16,21,28H,6-9,11-12H2,1-2H3,(H2,27,31)(H,29,30)(H,32,35)(H,37,38,39). The summed E-state index contributed by atoms with van der Waals surface area (Å²) in [5.41, 5.74) is 4.26. The first-order chi connectivity index (χ1) is 20.9. The number of oxime groups is 1. The third kappa shape index (κ3) is 7.16. The van der Waals surface area contributed by atoms with E-state index in [1.807, 2.05) is 24.3 Å². The van der Waals surface area contributed by atoms with Crippen molar-refractivity contribution < 1.29 is 36.4 Å². The molecule has 5 rings (SSSR count). The number of rotatable bonds is 12. The first-order valence-electron chi connectivity index (χ1n) is 13.6. The van der Waals surface area contributed by atoms with Gasteiger partial charge in [-0.15, -0.1) is 15.6 Å². The lowest BCUT2D eigenvalue weighted by atomic mass is 9.84. The number of aromatic nitrogens is 2. The molecule has 18 heteroatoms. The summed E-state index contributed by atoms with van der Waals surface area (Å²) in [5.74, 6) is -0.284. The Morgan fingerprint density at radius 2 is 2.05 bits per heavy atom. The average Bonchev–Trinajstić information content (AvgIpc) is 3.42. The van der Waals surface area contributed by atoms with Gasteiger partial charge in [0.1, 0.15) is 29.9 Å². The van der Waals surface area contributed by atoms with E-state index in [2.05, 4.69) is 35.4 Å². The molecule has 0 saturated carbocycles. The molecular formula is C26H32N8O8S2. The Kier molecular flexibility index (Phi) is 9.16. The van der Waals surface area contributed by atoms with Crippen LogP contribution in [0.5, 0.6) is 5.75 Å². The highest BCUT2D eigenvalue weighted by Gasteiger charge is 2.58. The molecule has 4 heterocycles. The molecule has 3 aromatic rings. The van der Waals surface area contributed by atoms with Crippen LogP contribution in [-0.4, -0.2) is 89.5 Å². The highest BCUT2D eigenvalue weighted by atomic mass is 32.3. The number of carbonyl (C=O) groups excluding carboxylic acids is 2. The molecule has 2 amide bonds. The third-order valence-electron chi connectivity index (χ3n) is 7.12. The van der Waals surface area contributed by atoms with Crippen LogP contribution in [-0.2, 0) is 29.1 Å². The number of nitrogens with two attached hydrogens (primary N) is 1. The number of anilines is 2. The number of hydrogen-bond acceptors (Lipinski definition) is 14. The van der Waals surface area contributed by atoms with Crippen LogP contribution < -0.4 is 26.4 Å². The molecule has 2 fully saturated rings. The van der Waals surface area contributed by atoms with Crippen molar-refractivity contribution in [2.75, 3.05) is 37.4 Å². The molecule has 16 nitrogen and oxygen atoms in total. The maximum atomic E-state index is 13.1. The Balaban J connectivity index is 1.19. The molecule has 0 bridgehead atoms. The van der Waals surface area contributed by atoms with E-state index >= 15 is 0 Å². The van der Waals surface area contributed by atoms with E-state index in [1.54, 1.807) is 6.20 Å². The summed E-state index contributed by atoms with van der Waals surface area (Å²) in [4.78, 5) is 39.5. The van der Waals surface area contributed by atoms with Gasteiger partial charge in [-0.25, -0.2) is 9.97 Å². The molecule has 2 aliphatic heterocycles. The Morgan fingerprint density at radius 3 is 2.73 bits per heavy atom. The fourth-order valence-corrected chi connectivity index (χ4v) is 5.85. The van der Waals surface area contributed by atoms with Crippen LogP contribution in [0.3, 0.4) is 0 Å². The van der Waals surface area contributed by atoms with Gasteiger partial charge in [-0.2, -0.15) is 13.5 Å². The van der Waals surface area contributed by atoms with Crippen molar-refractivity contribution >= 4 is 61.0 Å². The number of piperidine rings is 1. The number of nitrogens with zero attached hydrogens (tertiary/aromatic N) is 4. The monoisotopic (exact) mass is 648 g/mol. The fourth-order valence-electron chi connectivity index (χ4n) is 4.85. The first-order valence-corrected chi connectivity index (χ1v) is 15.9. The summed E-state index contributed by atoms with van der Waals surface area (Å²) in [7, 11) is -4.95. The topological polar surface area (TPSA) is 220 Å². The highest BCUT2D eigenvalue weighted by Crippen LogP contribution is 2.33. The number of pyridine rings is 1. The maximum Gasteiger partial charge on any atom is 0.418 e. The van der Waals surface area contributed by atoms with Gasteiger partial charge in [-0.05, 0) is 69.4 Å². The number of thiazole rings is 1. The zero-order valence-electron chi connectivity index (χ0n) is 23.8. The number of hydrogen-bond donors (Lipinski definition) is 5. The van der Waals surface area contributed by atoms with E-state index in [0.717, 1.165) is 53.9 Å². The second-order valence-corrected chi connectivity index (χ2v) is 12.5. The average molecular weight is 649 g/mol. The predicted octanol–water partition coefficient (Wildman–Crippen LogP) is 1.08. The number of hydroxylamine groups is 2. The second-order valence-electron chi connectivity index (χ2n) is 10.6. The number of benzene rings is 1. The van der Waals surface area contributed by atoms with Crippen LogP contribution >= 0.6 is 11.3 Å². The molecule has 44 heavy (non-hydrogen) atoms. The summed E-state index contributed by atoms with van der Waals surface area (Å²) in [6, 6.07) is 6.76. The predicted molar refractivity (Wildman–Crippen MR) is 161 cm³/mol. The van der Waals surface area contributed by atoms with Gasteiger partial charge in [0.2, 0.25) is 0 Å². The largest absolute Gasteiger partial charge is 0.490 e. The van der Waals surface area contributed by atoms with Crippen molar-refractivity contribution in [3.05, 3.63) is 41.5 Å². The summed E-state index contributed by atoms with van der Waals surface area (Å²) >= 11 is 1.07. The molecule has 1 aromatic carbocycles. The van der Waals surface area contributed by atoms with E-state index in [-0.39, 0.29) is 29.8 Å². The maximum absolute atomic E-state index is 13.1. The number of nitrogen functional groups attached to an aromatic ring is 1. The van der Waals surface area contributed by atoms with Crippen molar-refractivity contribution in [3.63, 3.8) is 0 Å². The van der Waals surface area contributed by atoms with Gasteiger partial charge in [0.05, 0.1) is 5.54 Å². The summed E-state index contributed by atoms with van der Waals surface area (Å²) < 4.78 is 41.2. The number of β-lactam (4-membered cyclic amide) rings is 1. The molecule has 0 radical (unpaired) electrons. The van der Waals surface area contributed by atoms with Crippen molar-refractivity contribution in [2.45, 2.75) is 44.3 Å². The first kappa shape index (κ1) is 31.3. The van der Waals surface area contributed by atoms with Crippen molar-refractivity contribution in [1.29, 1.82) is 0 Å². The summed E-state index contributed by atoms with van der Waals surface area (Å²) in [5, 5.41) is 17.4. The van der Waals surface area contributed by atoms with E-state index < -0.39 is 33.8 Å². The minimum absolute atomic E-state index is 0.0306. The molecule has 1 unspecified atom stereocenters. The second kappa shape index (κ2) is 12.9. The Hall–Kier alpha value is -4.10. The van der Waals surface area contributed by atoms with Crippen molar-refractivity contribution in [1.82, 2.24) is 25.7 Å². The summed E-state index contributed by atoms with van der Waals surface area (Å²) in [6.07, 6.45) is 3.81. The molecule has 1 atom stereocenters. The molecule has 2 aromatic heterocycles. The van der Waals surface area contributed by atoms with Crippen molar-refractivity contribution in [3.8, 4) is 5.75 Å². The Bertz CT molecular complexity index is 1670. The molecule has 0 aliphatic carbocycles. The zero-order valence-corrected chi connectivity index (χ0v) is 25.5. The van der Waals surface area contributed by atoms with Gasteiger partial charge in [0.25, 0.3) is 11.8 Å². The highest BCUT2D eigenvalue weighted by molar-refractivity contribution is 7.80. The minimum atomic E-state index is -4.95. The van der Waals surface area contributed by atoms with Crippen LogP contribution in [0.2, 0.25) is 0 Å². The lowest BCUT2D eigenvalue weighted by Gasteiger charge is -2.50. The van der Waals surface area contributed by atoms with Gasteiger partial charge in [0.15, 0.2) is 17.5 Å².